The molecule has 2 rings (SSSR count). The maximum Gasteiger partial charge on any atom is 0.320 e. The molecule has 1 aromatic rings. The Balaban J connectivity index is 2.04. The summed E-state index contributed by atoms with van der Waals surface area (Å²) >= 11 is 0. The number of benzene rings is 1. The molecular weight excluding hydrogens is 335 g/mol. The standard InChI is InChI=1S/C17H22F3N3O2/c1-3-21(4-2)17(25)23-9-7-22(8-10-23)16(24)13-11-12(15(19)20)5-6-14(13)18/h5-6,11,15H,3-4,7-10H2,1-2H3. The van der Waals surface area contributed by atoms with E-state index in [2.05, 4.69) is 0 Å². The Morgan fingerprint density at radius 3 is 2.16 bits per heavy atom. The lowest BCUT2D eigenvalue weighted by atomic mass is 10.1. The summed E-state index contributed by atoms with van der Waals surface area (Å²) < 4.78 is 39.4. The number of alkyl halides is 2. The van der Waals surface area contributed by atoms with Gasteiger partial charge in [-0.2, -0.15) is 0 Å². The van der Waals surface area contributed by atoms with E-state index in [9.17, 15) is 22.8 Å². The molecule has 0 radical (unpaired) electrons. The Kier molecular flexibility index (Phi) is 6.27. The zero-order valence-corrected chi connectivity index (χ0v) is 14.3. The molecule has 0 aliphatic carbocycles. The smallest absolute Gasteiger partial charge is 0.320 e. The van der Waals surface area contributed by atoms with Crippen LogP contribution in [-0.2, 0) is 0 Å². The van der Waals surface area contributed by atoms with Gasteiger partial charge < -0.3 is 14.7 Å². The molecule has 0 bridgehead atoms. The third kappa shape index (κ3) is 4.24. The minimum Gasteiger partial charge on any atom is -0.335 e. The SMILES string of the molecule is CCN(CC)C(=O)N1CCN(C(=O)c2cc(C(F)F)ccc2F)CC1. The molecule has 0 aromatic heterocycles. The summed E-state index contributed by atoms with van der Waals surface area (Å²) in [6, 6.07) is 2.66. The van der Waals surface area contributed by atoms with Crippen molar-refractivity contribution in [1.82, 2.24) is 14.7 Å². The van der Waals surface area contributed by atoms with Crippen LogP contribution in [0.25, 0.3) is 0 Å². The minimum atomic E-state index is -2.77. The Morgan fingerprint density at radius 1 is 1.08 bits per heavy atom. The molecule has 0 spiro atoms. The molecule has 0 unspecified atom stereocenters. The van der Waals surface area contributed by atoms with Gasteiger partial charge in [0.1, 0.15) is 5.82 Å². The van der Waals surface area contributed by atoms with E-state index in [4.69, 9.17) is 0 Å². The predicted molar refractivity (Wildman–Crippen MR) is 87.2 cm³/mol. The van der Waals surface area contributed by atoms with Gasteiger partial charge in [0, 0.05) is 44.8 Å². The van der Waals surface area contributed by atoms with E-state index < -0.39 is 18.1 Å². The zero-order chi connectivity index (χ0) is 18.6. The zero-order valence-electron chi connectivity index (χ0n) is 14.3. The first-order chi connectivity index (χ1) is 11.9. The van der Waals surface area contributed by atoms with Crippen molar-refractivity contribution in [2.45, 2.75) is 20.3 Å². The summed E-state index contributed by atoms with van der Waals surface area (Å²) in [5, 5.41) is 0. The van der Waals surface area contributed by atoms with Gasteiger partial charge >= 0.3 is 6.03 Å². The van der Waals surface area contributed by atoms with Crippen LogP contribution in [0.2, 0.25) is 0 Å². The average molecular weight is 357 g/mol. The summed E-state index contributed by atoms with van der Waals surface area (Å²) in [4.78, 5) is 29.4. The molecular formula is C17H22F3N3O2. The second kappa shape index (κ2) is 8.22. The van der Waals surface area contributed by atoms with Crippen LogP contribution in [0, 0.1) is 5.82 Å². The van der Waals surface area contributed by atoms with Gasteiger partial charge in [0.05, 0.1) is 5.56 Å². The normalized spacial score (nSPS) is 14.8. The first-order valence-corrected chi connectivity index (χ1v) is 8.29. The van der Waals surface area contributed by atoms with Crippen LogP contribution in [0.5, 0.6) is 0 Å². The molecule has 1 heterocycles. The van der Waals surface area contributed by atoms with Gasteiger partial charge in [-0.1, -0.05) is 6.07 Å². The molecule has 25 heavy (non-hydrogen) atoms. The maximum absolute atomic E-state index is 13.9. The lowest BCUT2D eigenvalue weighted by molar-refractivity contribution is 0.0636. The highest BCUT2D eigenvalue weighted by Crippen LogP contribution is 2.22. The molecule has 8 heteroatoms. The number of carbonyl (C=O) groups is 2. The third-order valence-corrected chi connectivity index (χ3v) is 4.34. The van der Waals surface area contributed by atoms with Gasteiger partial charge in [-0.3, -0.25) is 4.79 Å². The Morgan fingerprint density at radius 2 is 1.64 bits per heavy atom. The van der Waals surface area contributed by atoms with Crippen LogP contribution in [-0.4, -0.2) is 65.9 Å². The summed E-state index contributed by atoms with van der Waals surface area (Å²) in [7, 11) is 0. The van der Waals surface area contributed by atoms with Crippen molar-refractivity contribution in [1.29, 1.82) is 0 Å². The molecule has 1 saturated heterocycles. The van der Waals surface area contributed by atoms with Crippen LogP contribution >= 0.6 is 0 Å². The largest absolute Gasteiger partial charge is 0.335 e. The summed E-state index contributed by atoms with van der Waals surface area (Å²) in [5.74, 6) is -1.45. The van der Waals surface area contributed by atoms with Crippen molar-refractivity contribution >= 4 is 11.9 Å². The fourth-order valence-electron chi connectivity index (χ4n) is 2.81. The van der Waals surface area contributed by atoms with Crippen molar-refractivity contribution in [3.8, 4) is 0 Å². The molecule has 0 atom stereocenters. The number of rotatable bonds is 4. The average Bonchev–Trinajstić information content (AvgIpc) is 2.62. The quantitative estimate of drug-likeness (QED) is 0.832. The summed E-state index contributed by atoms with van der Waals surface area (Å²) in [6.07, 6.45) is -2.77. The Bertz CT molecular complexity index is 628. The molecule has 3 amide bonds. The van der Waals surface area contributed by atoms with Gasteiger partial charge in [-0.25, -0.2) is 18.0 Å². The van der Waals surface area contributed by atoms with E-state index in [1.165, 1.54) is 4.90 Å². The molecule has 1 aliphatic heterocycles. The Hall–Kier alpha value is -2.25. The van der Waals surface area contributed by atoms with Crippen LogP contribution in [0.3, 0.4) is 0 Å². The highest BCUT2D eigenvalue weighted by atomic mass is 19.3. The summed E-state index contributed by atoms with van der Waals surface area (Å²) in [5.41, 5.74) is -0.749. The van der Waals surface area contributed by atoms with E-state index in [0.29, 0.717) is 26.2 Å². The lowest BCUT2D eigenvalue weighted by Gasteiger charge is -2.37. The number of hydrogen-bond donors (Lipinski definition) is 0. The van der Waals surface area contributed by atoms with Gasteiger partial charge in [-0.05, 0) is 26.0 Å². The van der Waals surface area contributed by atoms with E-state index in [1.54, 1.807) is 9.80 Å². The number of halogens is 3. The predicted octanol–water partition coefficient (Wildman–Crippen LogP) is 2.98. The fourth-order valence-corrected chi connectivity index (χ4v) is 2.81. The molecule has 5 nitrogen and oxygen atoms in total. The third-order valence-electron chi connectivity index (χ3n) is 4.34. The number of urea groups is 1. The lowest BCUT2D eigenvalue weighted by Crippen LogP contribution is -2.54. The van der Waals surface area contributed by atoms with E-state index in [1.807, 2.05) is 13.8 Å². The van der Waals surface area contributed by atoms with Crippen molar-refractivity contribution in [3.63, 3.8) is 0 Å². The highest BCUT2D eigenvalue weighted by molar-refractivity contribution is 5.95. The molecule has 1 aromatic carbocycles. The van der Waals surface area contributed by atoms with Crippen LogP contribution in [0.4, 0.5) is 18.0 Å². The molecule has 0 saturated carbocycles. The number of nitrogens with zero attached hydrogens (tertiary/aromatic N) is 3. The van der Waals surface area contributed by atoms with Gasteiger partial charge in [0.25, 0.3) is 12.3 Å². The molecule has 138 valence electrons. The highest BCUT2D eigenvalue weighted by Gasteiger charge is 2.28. The molecule has 1 fully saturated rings. The van der Waals surface area contributed by atoms with Crippen molar-refractivity contribution in [3.05, 3.63) is 35.1 Å². The number of piperazine rings is 1. The van der Waals surface area contributed by atoms with Crippen LogP contribution < -0.4 is 0 Å². The molecule has 1 aliphatic rings. The summed E-state index contributed by atoms with van der Waals surface area (Å²) in [6.45, 7) is 6.11. The maximum atomic E-state index is 13.9. The minimum absolute atomic E-state index is 0.0945. The Labute approximate surface area is 145 Å². The number of carbonyl (C=O) groups excluding carboxylic acids is 2. The van der Waals surface area contributed by atoms with E-state index in [0.717, 1.165) is 18.2 Å². The van der Waals surface area contributed by atoms with Crippen molar-refractivity contribution in [2.75, 3.05) is 39.3 Å². The number of amides is 3. The second-order valence-corrected chi connectivity index (χ2v) is 5.77. The van der Waals surface area contributed by atoms with Gasteiger partial charge in [0.15, 0.2) is 0 Å². The number of hydrogen-bond acceptors (Lipinski definition) is 2. The van der Waals surface area contributed by atoms with Crippen LogP contribution in [0.15, 0.2) is 18.2 Å². The second-order valence-electron chi connectivity index (χ2n) is 5.77. The van der Waals surface area contributed by atoms with E-state index in [-0.39, 0.29) is 30.2 Å². The first-order valence-electron chi connectivity index (χ1n) is 8.29. The topological polar surface area (TPSA) is 43.9 Å². The van der Waals surface area contributed by atoms with Crippen LogP contribution in [0.1, 0.15) is 36.2 Å². The fraction of sp³-hybridized carbons (Fsp3) is 0.529. The van der Waals surface area contributed by atoms with Gasteiger partial charge in [-0.15, -0.1) is 0 Å². The first kappa shape index (κ1) is 19.1. The molecule has 0 N–H and O–H groups in total. The van der Waals surface area contributed by atoms with Crippen molar-refractivity contribution in [2.24, 2.45) is 0 Å². The van der Waals surface area contributed by atoms with Gasteiger partial charge in [0.2, 0.25) is 0 Å². The van der Waals surface area contributed by atoms with E-state index >= 15 is 0 Å². The van der Waals surface area contributed by atoms with Crippen molar-refractivity contribution < 1.29 is 22.8 Å². The monoisotopic (exact) mass is 357 g/mol.